The van der Waals surface area contributed by atoms with Crippen LogP contribution in [0.15, 0.2) is 72.9 Å². The van der Waals surface area contributed by atoms with Crippen LogP contribution in [0.5, 0.6) is 0 Å². The minimum atomic E-state index is -0.758. The molecule has 0 aliphatic heterocycles. The van der Waals surface area contributed by atoms with Crippen molar-refractivity contribution in [2.24, 2.45) is 0 Å². The maximum absolute atomic E-state index is 12.2. The molecule has 0 aliphatic carbocycles. The van der Waals surface area contributed by atoms with Crippen molar-refractivity contribution in [3.05, 3.63) is 72.9 Å². The Morgan fingerprint density at radius 2 is 0.940 bits per heavy atom. The van der Waals surface area contributed by atoms with Crippen LogP contribution < -0.4 is 0 Å². The summed E-state index contributed by atoms with van der Waals surface area (Å²) in [5.74, 6) is -0.312. The van der Waals surface area contributed by atoms with Crippen molar-refractivity contribution in [3.8, 4) is 0 Å². The Kier molecular flexibility index (Phi) is 39.3. The van der Waals surface area contributed by atoms with Crippen LogP contribution in [-0.2, 0) is 19.0 Å². The number of hydrogen-bond acceptors (Lipinski definition) is 6. The lowest BCUT2D eigenvalue weighted by atomic mass is 10.1. The average Bonchev–Trinajstić information content (AvgIpc) is 3.12. The first-order valence-electron chi connectivity index (χ1n) is 20.2. The van der Waals surface area contributed by atoms with E-state index in [1.54, 1.807) is 0 Å². The normalized spacial score (nSPS) is 13.8. The van der Waals surface area contributed by atoms with E-state index in [2.05, 4.69) is 86.8 Å². The zero-order chi connectivity index (χ0) is 36.4. The Morgan fingerprint density at radius 3 is 1.44 bits per heavy atom. The van der Waals surface area contributed by atoms with Gasteiger partial charge >= 0.3 is 5.97 Å². The molecule has 0 rings (SSSR count). The predicted octanol–water partition coefficient (Wildman–Crippen LogP) is 11.2. The lowest BCUT2D eigenvalue weighted by Crippen LogP contribution is -2.30. The molecule has 0 aromatic heterocycles. The molecule has 6 heteroatoms. The first-order chi connectivity index (χ1) is 24.6. The number of hydrogen-bond donors (Lipinski definition) is 2. The van der Waals surface area contributed by atoms with E-state index >= 15 is 0 Å². The summed E-state index contributed by atoms with van der Waals surface area (Å²) in [6.07, 6.45) is 49.3. The molecule has 0 aliphatic rings. The van der Waals surface area contributed by atoms with Gasteiger partial charge in [0.2, 0.25) is 0 Å². The van der Waals surface area contributed by atoms with Gasteiger partial charge in [-0.3, -0.25) is 4.79 Å². The van der Waals surface area contributed by atoms with Crippen LogP contribution in [0.4, 0.5) is 0 Å². The molecule has 0 saturated heterocycles. The molecule has 288 valence electrons. The van der Waals surface area contributed by atoms with Gasteiger partial charge in [0.25, 0.3) is 0 Å². The highest BCUT2D eigenvalue weighted by molar-refractivity contribution is 5.69. The van der Waals surface area contributed by atoms with Crippen molar-refractivity contribution in [1.82, 2.24) is 0 Å². The van der Waals surface area contributed by atoms with E-state index in [-0.39, 0.29) is 32.4 Å². The Hall–Kier alpha value is -2.25. The molecule has 0 heterocycles. The summed E-state index contributed by atoms with van der Waals surface area (Å²) in [5, 5.41) is 19.7. The van der Waals surface area contributed by atoms with Crippen LogP contribution in [0.3, 0.4) is 0 Å². The topological polar surface area (TPSA) is 85.2 Å². The number of carbonyl (C=O) groups is 1. The van der Waals surface area contributed by atoms with Crippen molar-refractivity contribution in [2.75, 3.05) is 33.0 Å². The van der Waals surface area contributed by atoms with E-state index in [0.717, 1.165) is 77.0 Å². The maximum Gasteiger partial charge on any atom is 0.306 e. The molecule has 0 saturated carbocycles. The third-order valence-corrected chi connectivity index (χ3v) is 8.12. The quantitative estimate of drug-likeness (QED) is 0.0381. The molecule has 0 radical (unpaired) electrons. The van der Waals surface area contributed by atoms with Crippen molar-refractivity contribution in [1.29, 1.82) is 0 Å². The van der Waals surface area contributed by atoms with Crippen LogP contribution >= 0.6 is 0 Å². The molecule has 2 atom stereocenters. The van der Waals surface area contributed by atoms with Crippen molar-refractivity contribution < 1.29 is 29.2 Å². The zero-order valence-corrected chi connectivity index (χ0v) is 32.2. The summed E-state index contributed by atoms with van der Waals surface area (Å²) in [4.78, 5) is 12.2. The highest BCUT2D eigenvalue weighted by Crippen LogP contribution is 2.10. The van der Waals surface area contributed by atoms with E-state index in [0.29, 0.717) is 13.0 Å². The first-order valence-corrected chi connectivity index (χ1v) is 20.2. The standard InChI is InChI=1S/C44H76O6/c1-3-5-7-9-11-13-15-17-19-20-21-23-25-27-29-31-33-35-37-48-39-42(46)40-49-41-43(38-45)50-44(47)36-34-32-30-28-26-24-22-18-16-14-12-10-8-6-4-2/h11-14,17-19,21-23,27,29,42-43,45-46H,3-10,15-16,20,24-26,28,30-41H2,1-2H3/b13-11-,14-12-,19-17-,22-18-,23-21-,29-27-. The van der Waals surface area contributed by atoms with Gasteiger partial charge in [-0.1, -0.05) is 132 Å². The number of esters is 1. The second kappa shape index (κ2) is 41.2. The monoisotopic (exact) mass is 701 g/mol. The smallest absolute Gasteiger partial charge is 0.306 e. The number of ether oxygens (including phenoxy) is 3. The molecule has 0 bridgehead atoms. The number of carbonyl (C=O) groups excluding carboxylic acids is 1. The number of allylic oxidation sites excluding steroid dienone is 12. The molecule has 2 N–H and O–H groups in total. The van der Waals surface area contributed by atoms with E-state index < -0.39 is 12.2 Å². The van der Waals surface area contributed by atoms with E-state index in [1.165, 1.54) is 57.8 Å². The summed E-state index contributed by atoms with van der Waals surface area (Å²) in [6, 6.07) is 0. The lowest BCUT2D eigenvalue weighted by Gasteiger charge is -2.17. The van der Waals surface area contributed by atoms with E-state index in [4.69, 9.17) is 14.2 Å². The summed E-state index contributed by atoms with van der Waals surface area (Å²) in [7, 11) is 0. The second-order valence-corrected chi connectivity index (χ2v) is 13.1. The molecular formula is C44H76O6. The second-order valence-electron chi connectivity index (χ2n) is 13.1. The van der Waals surface area contributed by atoms with Crippen molar-refractivity contribution in [3.63, 3.8) is 0 Å². The first kappa shape index (κ1) is 47.8. The third-order valence-electron chi connectivity index (χ3n) is 8.12. The van der Waals surface area contributed by atoms with Crippen LogP contribution in [0, 0.1) is 0 Å². The summed E-state index contributed by atoms with van der Waals surface area (Å²) < 4.78 is 16.4. The third kappa shape index (κ3) is 38.6. The van der Waals surface area contributed by atoms with Crippen LogP contribution in [0.1, 0.15) is 155 Å². The SMILES string of the molecule is CCCCC/C=C\C/C=C\C/C=C\C/C=C\CCCCOCC(O)COCC(CO)OC(=O)CCCCCCC/C=C\C/C=C\CCCCC. The lowest BCUT2D eigenvalue weighted by molar-refractivity contribution is -0.155. The van der Waals surface area contributed by atoms with Gasteiger partial charge in [0.05, 0.1) is 26.4 Å². The van der Waals surface area contributed by atoms with Crippen LogP contribution in [-0.4, -0.2) is 61.4 Å². The van der Waals surface area contributed by atoms with E-state index in [1.807, 2.05) is 0 Å². The summed E-state index contributed by atoms with van der Waals surface area (Å²) in [6.45, 7) is 5.08. The molecule has 0 aromatic rings. The maximum atomic E-state index is 12.2. The van der Waals surface area contributed by atoms with Crippen LogP contribution in [0.25, 0.3) is 0 Å². The number of rotatable bonds is 37. The minimum absolute atomic E-state index is 0.0521. The highest BCUT2D eigenvalue weighted by Gasteiger charge is 2.15. The van der Waals surface area contributed by atoms with Gasteiger partial charge < -0.3 is 24.4 Å². The molecule has 0 spiro atoms. The molecule has 0 fully saturated rings. The van der Waals surface area contributed by atoms with Crippen molar-refractivity contribution in [2.45, 2.75) is 167 Å². The van der Waals surface area contributed by atoms with Gasteiger partial charge in [-0.2, -0.15) is 0 Å². The number of aliphatic hydroxyl groups excluding tert-OH is 2. The molecular weight excluding hydrogens is 624 g/mol. The Bertz CT molecular complexity index is 887. The largest absolute Gasteiger partial charge is 0.457 e. The van der Waals surface area contributed by atoms with Gasteiger partial charge in [-0.05, 0) is 89.9 Å². The number of unbranched alkanes of at least 4 members (excludes halogenated alkanes) is 13. The molecule has 0 aromatic carbocycles. The van der Waals surface area contributed by atoms with Gasteiger partial charge in [-0.25, -0.2) is 0 Å². The van der Waals surface area contributed by atoms with Crippen LogP contribution in [0.2, 0.25) is 0 Å². The molecule has 2 unspecified atom stereocenters. The average molecular weight is 701 g/mol. The molecule has 50 heavy (non-hydrogen) atoms. The van der Waals surface area contributed by atoms with Gasteiger partial charge in [0, 0.05) is 13.0 Å². The van der Waals surface area contributed by atoms with Crippen molar-refractivity contribution >= 4 is 5.97 Å². The fourth-order valence-electron chi connectivity index (χ4n) is 5.08. The summed E-state index contributed by atoms with van der Waals surface area (Å²) in [5.41, 5.74) is 0. The predicted molar refractivity (Wildman–Crippen MR) is 212 cm³/mol. The van der Waals surface area contributed by atoms with Gasteiger partial charge in [0.15, 0.2) is 0 Å². The minimum Gasteiger partial charge on any atom is -0.457 e. The van der Waals surface area contributed by atoms with Gasteiger partial charge in [0.1, 0.15) is 12.2 Å². The molecule has 0 amide bonds. The zero-order valence-electron chi connectivity index (χ0n) is 32.2. The van der Waals surface area contributed by atoms with E-state index in [9.17, 15) is 15.0 Å². The summed E-state index contributed by atoms with van der Waals surface area (Å²) >= 11 is 0. The molecule has 6 nitrogen and oxygen atoms in total. The number of aliphatic hydroxyl groups is 2. The Morgan fingerprint density at radius 1 is 0.520 bits per heavy atom. The highest BCUT2D eigenvalue weighted by atomic mass is 16.6. The fourth-order valence-corrected chi connectivity index (χ4v) is 5.08. The van der Waals surface area contributed by atoms with Gasteiger partial charge in [-0.15, -0.1) is 0 Å². The Labute approximate surface area is 307 Å². The fraction of sp³-hybridized carbons (Fsp3) is 0.705. The Balaban J connectivity index is 3.64.